The van der Waals surface area contributed by atoms with Gasteiger partial charge >= 0.3 is 0 Å². The van der Waals surface area contributed by atoms with Crippen LogP contribution in [0.15, 0.2) is 6.07 Å². The minimum Gasteiger partial charge on any atom is -0.492 e. The van der Waals surface area contributed by atoms with Gasteiger partial charge in [0.2, 0.25) is 12.5 Å². The monoisotopic (exact) mass is 289 g/mol. The lowest BCUT2D eigenvalue weighted by Crippen LogP contribution is -2.34. The molecule has 1 N–H and O–H groups in total. The molecule has 0 saturated carbocycles. The highest BCUT2D eigenvalue weighted by atomic mass is 16.7. The molecule has 21 heavy (non-hydrogen) atoms. The molecule has 0 saturated heterocycles. The molecule has 1 atom stereocenters. The molecule has 110 valence electrons. The molecule has 0 bridgehead atoms. The predicted molar refractivity (Wildman–Crippen MR) is 71.5 cm³/mol. The SMILES string of the molecule is COc1c2c(cc3c1[C@H](c1nn[nH]n1)N(C)CC3)OCO2. The number of H-pyrrole nitrogens is 1. The standard InChI is InChI=1S/C13H15N5O3/c1-18-4-3-7-5-8-11(21-6-20-8)12(19-2)9(7)10(18)13-14-16-17-15-13/h5,10H,3-4,6H2,1-2H3,(H,14,15,16,17)/t10-/m1/s1. The third-order valence-corrected chi connectivity index (χ3v) is 4.00. The Balaban J connectivity index is 1.95. The van der Waals surface area contributed by atoms with Gasteiger partial charge in [0.05, 0.1) is 7.11 Å². The van der Waals surface area contributed by atoms with Crippen LogP contribution in [0.4, 0.5) is 0 Å². The molecular weight excluding hydrogens is 274 g/mol. The average molecular weight is 289 g/mol. The van der Waals surface area contributed by atoms with E-state index < -0.39 is 0 Å². The van der Waals surface area contributed by atoms with Gasteiger partial charge in [-0.25, -0.2) is 0 Å². The van der Waals surface area contributed by atoms with Crippen molar-refractivity contribution in [2.45, 2.75) is 12.5 Å². The number of tetrazole rings is 1. The Kier molecular flexibility index (Phi) is 2.71. The highest BCUT2D eigenvalue weighted by molar-refractivity contribution is 5.62. The van der Waals surface area contributed by atoms with Gasteiger partial charge in [-0.2, -0.15) is 5.21 Å². The first-order valence-corrected chi connectivity index (χ1v) is 6.72. The molecule has 0 radical (unpaired) electrons. The summed E-state index contributed by atoms with van der Waals surface area (Å²) < 4.78 is 16.7. The summed E-state index contributed by atoms with van der Waals surface area (Å²) in [5, 5.41) is 14.5. The lowest BCUT2D eigenvalue weighted by atomic mass is 9.90. The van der Waals surface area contributed by atoms with E-state index in [0.29, 0.717) is 17.3 Å². The van der Waals surface area contributed by atoms with Gasteiger partial charge in [0.1, 0.15) is 6.04 Å². The van der Waals surface area contributed by atoms with E-state index in [1.165, 1.54) is 5.56 Å². The first-order valence-electron chi connectivity index (χ1n) is 6.72. The fraction of sp³-hybridized carbons (Fsp3) is 0.462. The molecule has 0 unspecified atom stereocenters. The molecule has 3 heterocycles. The Morgan fingerprint density at radius 2 is 2.33 bits per heavy atom. The van der Waals surface area contributed by atoms with Crippen LogP contribution in [0.3, 0.4) is 0 Å². The predicted octanol–water partition coefficient (Wildman–Crippen LogP) is 0.514. The largest absolute Gasteiger partial charge is 0.492 e. The third kappa shape index (κ3) is 1.75. The van der Waals surface area contributed by atoms with Crippen LogP contribution < -0.4 is 14.2 Å². The van der Waals surface area contributed by atoms with Crippen LogP contribution in [0.5, 0.6) is 17.2 Å². The normalized spacial score (nSPS) is 20.4. The van der Waals surface area contributed by atoms with Gasteiger partial charge in [0.15, 0.2) is 17.3 Å². The number of aromatic nitrogens is 4. The number of rotatable bonds is 2. The summed E-state index contributed by atoms with van der Waals surface area (Å²) in [7, 11) is 3.67. The Morgan fingerprint density at radius 3 is 3.10 bits per heavy atom. The van der Waals surface area contributed by atoms with Crippen molar-refractivity contribution in [3.63, 3.8) is 0 Å². The average Bonchev–Trinajstić information content (AvgIpc) is 3.15. The van der Waals surface area contributed by atoms with Gasteiger partial charge < -0.3 is 14.2 Å². The molecule has 8 heteroatoms. The topological polar surface area (TPSA) is 85.4 Å². The van der Waals surface area contributed by atoms with Crippen molar-refractivity contribution in [3.8, 4) is 17.2 Å². The summed E-state index contributed by atoms with van der Waals surface area (Å²) in [6.07, 6.45) is 0.910. The van der Waals surface area contributed by atoms with E-state index in [9.17, 15) is 0 Å². The Morgan fingerprint density at radius 1 is 1.43 bits per heavy atom. The van der Waals surface area contributed by atoms with Crippen molar-refractivity contribution >= 4 is 0 Å². The fourth-order valence-corrected chi connectivity index (χ4v) is 3.04. The van der Waals surface area contributed by atoms with E-state index in [4.69, 9.17) is 14.2 Å². The minimum absolute atomic E-state index is 0.114. The van der Waals surface area contributed by atoms with E-state index in [-0.39, 0.29) is 12.8 Å². The van der Waals surface area contributed by atoms with Crippen molar-refractivity contribution in [1.29, 1.82) is 0 Å². The van der Waals surface area contributed by atoms with Gasteiger partial charge in [-0.15, -0.1) is 10.2 Å². The van der Waals surface area contributed by atoms with Crippen molar-refractivity contribution in [1.82, 2.24) is 25.5 Å². The van der Waals surface area contributed by atoms with Crippen LogP contribution in [0.2, 0.25) is 0 Å². The van der Waals surface area contributed by atoms with Gasteiger partial charge in [-0.1, -0.05) is 5.21 Å². The van der Waals surface area contributed by atoms with E-state index >= 15 is 0 Å². The van der Waals surface area contributed by atoms with Crippen LogP contribution in [-0.2, 0) is 6.42 Å². The number of benzene rings is 1. The maximum atomic E-state index is 5.61. The van der Waals surface area contributed by atoms with Gasteiger partial charge in [0.25, 0.3) is 0 Å². The summed E-state index contributed by atoms with van der Waals surface area (Å²) in [4.78, 5) is 2.18. The second-order valence-corrected chi connectivity index (χ2v) is 5.12. The second kappa shape index (κ2) is 4.59. The molecule has 2 aliphatic heterocycles. The molecule has 1 aromatic heterocycles. The zero-order chi connectivity index (χ0) is 14.4. The maximum absolute atomic E-state index is 5.61. The Bertz CT molecular complexity index is 673. The maximum Gasteiger partial charge on any atom is 0.231 e. The zero-order valence-electron chi connectivity index (χ0n) is 11.8. The number of hydrogen-bond donors (Lipinski definition) is 1. The summed E-state index contributed by atoms with van der Waals surface area (Å²) in [5.41, 5.74) is 2.20. The highest BCUT2D eigenvalue weighted by Crippen LogP contribution is 2.50. The first kappa shape index (κ1) is 12.4. The van der Waals surface area contributed by atoms with Crippen LogP contribution >= 0.6 is 0 Å². The number of aromatic amines is 1. The molecular formula is C13H15N5O3. The molecule has 0 aliphatic carbocycles. The van der Waals surface area contributed by atoms with E-state index in [2.05, 4.69) is 25.5 Å². The lowest BCUT2D eigenvalue weighted by molar-refractivity contribution is 0.170. The molecule has 1 aromatic carbocycles. The minimum atomic E-state index is -0.114. The number of nitrogens with one attached hydrogen (secondary N) is 1. The van der Waals surface area contributed by atoms with E-state index in [0.717, 1.165) is 24.3 Å². The van der Waals surface area contributed by atoms with Crippen molar-refractivity contribution in [3.05, 3.63) is 23.0 Å². The summed E-state index contributed by atoms with van der Waals surface area (Å²) in [6.45, 7) is 1.12. The van der Waals surface area contributed by atoms with Crippen LogP contribution in [0, 0.1) is 0 Å². The fourth-order valence-electron chi connectivity index (χ4n) is 3.04. The number of hydrogen-bond acceptors (Lipinski definition) is 7. The summed E-state index contributed by atoms with van der Waals surface area (Å²) in [5.74, 6) is 2.71. The number of ether oxygens (including phenoxy) is 3. The van der Waals surface area contributed by atoms with Gasteiger partial charge in [0, 0.05) is 12.1 Å². The zero-order valence-corrected chi connectivity index (χ0v) is 11.8. The third-order valence-electron chi connectivity index (χ3n) is 4.00. The number of methoxy groups -OCH3 is 1. The molecule has 0 amide bonds. The molecule has 0 fully saturated rings. The number of fused-ring (bicyclic) bond motifs is 2. The van der Waals surface area contributed by atoms with Crippen LogP contribution in [0.1, 0.15) is 23.0 Å². The van der Waals surface area contributed by atoms with E-state index in [1.807, 2.05) is 13.1 Å². The van der Waals surface area contributed by atoms with Crippen LogP contribution in [0.25, 0.3) is 0 Å². The molecule has 2 aromatic rings. The molecule has 8 nitrogen and oxygen atoms in total. The summed E-state index contributed by atoms with van der Waals surface area (Å²) in [6, 6.07) is 1.91. The molecule has 2 aliphatic rings. The van der Waals surface area contributed by atoms with Crippen molar-refractivity contribution < 1.29 is 14.2 Å². The molecule has 4 rings (SSSR count). The van der Waals surface area contributed by atoms with Gasteiger partial charge in [-0.05, 0) is 25.1 Å². The Labute approximate surface area is 121 Å². The highest BCUT2D eigenvalue weighted by Gasteiger charge is 2.36. The second-order valence-electron chi connectivity index (χ2n) is 5.12. The lowest BCUT2D eigenvalue weighted by Gasteiger charge is -2.33. The molecule has 0 spiro atoms. The quantitative estimate of drug-likeness (QED) is 0.862. The number of likely N-dealkylation sites (N-methyl/N-ethyl adjacent to an activating group) is 1. The Hall–Kier alpha value is -2.35. The van der Waals surface area contributed by atoms with Gasteiger partial charge in [-0.3, -0.25) is 4.90 Å². The smallest absolute Gasteiger partial charge is 0.231 e. The van der Waals surface area contributed by atoms with Crippen molar-refractivity contribution in [2.24, 2.45) is 0 Å². The van der Waals surface area contributed by atoms with Crippen LogP contribution in [-0.4, -0.2) is 53.0 Å². The number of nitrogens with zero attached hydrogens (tertiary/aromatic N) is 4. The van der Waals surface area contributed by atoms with Crippen molar-refractivity contribution in [2.75, 3.05) is 27.5 Å². The first-order chi connectivity index (χ1) is 10.3. The summed E-state index contributed by atoms with van der Waals surface area (Å²) >= 11 is 0. The van der Waals surface area contributed by atoms with E-state index in [1.54, 1.807) is 7.11 Å².